The van der Waals surface area contributed by atoms with E-state index in [-0.39, 0.29) is 0 Å². The van der Waals surface area contributed by atoms with Crippen LogP contribution < -0.4 is 10.6 Å². The van der Waals surface area contributed by atoms with Gasteiger partial charge in [0.25, 0.3) is 6.01 Å². The predicted molar refractivity (Wildman–Crippen MR) is 70.6 cm³/mol. The first kappa shape index (κ1) is 11.3. The number of anilines is 2. The normalized spacial score (nSPS) is 19.8. The Morgan fingerprint density at radius 2 is 2.44 bits per heavy atom. The Balaban J connectivity index is 1.82. The number of nitrogen functional groups attached to an aromatic ring is 1. The number of hydrogen-bond donors (Lipinski definition) is 1. The Hall–Kier alpha value is -1.75. The van der Waals surface area contributed by atoms with Crippen LogP contribution >= 0.6 is 0 Å². The maximum absolute atomic E-state index is 5.75. The van der Waals surface area contributed by atoms with Crippen molar-refractivity contribution in [1.29, 1.82) is 0 Å². The molecule has 5 nitrogen and oxygen atoms in total. The van der Waals surface area contributed by atoms with E-state index in [1.807, 2.05) is 18.2 Å². The Labute approximate surface area is 106 Å². The highest BCUT2D eigenvalue weighted by molar-refractivity contribution is 5.78. The van der Waals surface area contributed by atoms with Crippen molar-refractivity contribution >= 4 is 22.8 Å². The number of methoxy groups -OCH3 is 1. The van der Waals surface area contributed by atoms with Crippen LogP contribution in [0.25, 0.3) is 11.1 Å². The minimum Gasteiger partial charge on any atom is -0.423 e. The van der Waals surface area contributed by atoms with Gasteiger partial charge >= 0.3 is 0 Å². The molecule has 0 bridgehead atoms. The third kappa shape index (κ3) is 2.01. The van der Waals surface area contributed by atoms with E-state index >= 15 is 0 Å². The van der Waals surface area contributed by atoms with Gasteiger partial charge in [-0.3, -0.25) is 0 Å². The smallest absolute Gasteiger partial charge is 0.298 e. The number of fused-ring (bicyclic) bond motifs is 1. The van der Waals surface area contributed by atoms with E-state index in [1.165, 1.54) is 0 Å². The number of benzene rings is 1. The summed E-state index contributed by atoms with van der Waals surface area (Å²) < 4.78 is 10.9. The highest BCUT2D eigenvalue weighted by Gasteiger charge is 2.25. The van der Waals surface area contributed by atoms with Crippen LogP contribution in [0.5, 0.6) is 0 Å². The molecule has 5 heteroatoms. The molecule has 96 valence electrons. The summed E-state index contributed by atoms with van der Waals surface area (Å²) in [6, 6.07) is 6.23. The van der Waals surface area contributed by atoms with Crippen molar-refractivity contribution in [2.75, 3.05) is 37.4 Å². The summed E-state index contributed by atoms with van der Waals surface area (Å²) in [5, 5.41) is 0. The number of rotatable bonds is 3. The van der Waals surface area contributed by atoms with Crippen LogP contribution in [0.2, 0.25) is 0 Å². The maximum atomic E-state index is 5.75. The SMILES string of the molecule is COCC1CCN(c2nc3ccc(N)cc3o2)C1. The number of nitrogens with zero attached hydrogens (tertiary/aromatic N) is 2. The quantitative estimate of drug-likeness (QED) is 0.839. The lowest BCUT2D eigenvalue weighted by Gasteiger charge is -2.12. The number of hydrogen-bond acceptors (Lipinski definition) is 5. The second kappa shape index (κ2) is 4.49. The number of oxazole rings is 1. The summed E-state index contributed by atoms with van der Waals surface area (Å²) in [6.45, 7) is 2.70. The lowest BCUT2D eigenvalue weighted by Crippen LogP contribution is -2.21. The maximum Gasteiger partial charge on any atom is 0.298 e. The fourth-order valence-electron chi connectivity index (χ4n) is 2.44. The predicted octanol–water partition coefficient (Wildman–Crippen LogP) is 1.88. The lowest BCUT2D eigenvalue weighted by molar-refractivity contribution is 0.160. The molecule has 2 N–H and O–H groups in total. The number of nitrogens with two attached hydrogens (primary N) is 1. The van der Waals surface area contributed by atoms with Crippen LogP contribution in [-0.4, -0.2) is 31.8 Å². The van der Waals surface area contributed by atoms with Crippen LogP contribution in [0.4, 0.5) is 11.7 Å². The zero-order valence-corrected chi connectivity index (χ0v) is 10.4. The molecule has 2 aromatic rings. The average molecular weight is 247 g/mol. The molecule has 0 radical (unpaired) electrons. The van der Waals surface area contributed by atoms with Crippen molar-refractivity contribution in [3.05, 3.63) is 18.2 Å². The van der Waals surface area contributed by atoms with Gasteiger partial charge in [-0.2, -0.15) is 4.98 Å². The van der Waals surface area contributed by atoms with E-state index in [4.69, 9.17) is 14.9 Å². The molecule has 0 aliphatic carbocycles. The van der Waals surface area contributed by atoms with E-state index in [2.05, 4.69) is 9.88 Å². The summed E-state index contributed by atoms with van der Waals surface area (Å²) in [4.78, 5) is 6.66. The van der Waals surface area contributed by atoms with E-state index in [0.29, 0.717) is 17.6 Å². The van der Waals surface area contributed by atoms with E-state index in [0.717, 1.165) is 37.2 Å². The highest BCUT2D eigenvalue weighted by Crippen LogP contribution is 2.27. The molecule has 1 aliphatic heterocycles. The average Bonchev–Trinajstić information content (AvgIpc) is 2.94. The van der Waals surface area contributed by atoms with Gasteiger partial charge in [0.1, 0.15) is 5.52 Å². The lowest BCUT2D eigenvalue weighted by atomic mass is 10.1. The second-order valence-electron chi connectivity index (χ2n) is 4.78. The molecule has 2 heterocycles. The molecule has 1 fully saturated rings. The van der Waals surface area contributed by atoms with Gasteiger partial charge in [0.2, 0.25) is 0 Å². The van der Waals surface area contributed by atoms with Crippen molar-refractivity contribution in [1.82, 2.24) is 4.98 Å². The summed E-state index contributed by atoms with van der Waals surface area (Å²) in [6.07, 6.45) is 1.12. The minimum absolute atomic E-state index is 0.565. The monoisotopic (exact) mass is 247 g/mol. The Morgan fingerprint density at radius 3 is 3.28 bits per heavy atom. The van der Waals surface area contributed by atoms with Crippen LogP contribution in [0.3, 0.4) is 0 Å². The standard InChI is InChI=1S/C13H17N3O2/c1-17-8-9-4-5-16(7-9)13-15-11-3-2-10(14)6-12(11)18-13/h2-3,6,9H,4-5,7-8,14H2,1H3. The number of aromatic nitrogens is 1. The first-order valence-corrected chi connectivity index (χ1v) is 6.16. The van der Waals surface area contributed by atoms with Crippen molar-refractivity contribution < 1.29 is 9.15 Å². The highest BCUT2D eigenvalue weighted by atomic mass is 16.5. The van der Waals surface area contributed by atoms with Gasteiger partial charge in [0.05, 0.1) is 6.61 Å². The van der Waals surface area contributed by atoms with E-state index < -0.39 is 0 Å². The largest absolute Gasteiger partial charge is 0.423 e. The molecule has 1 aromatic heterocycles. The van der Waals surface area contributed by atoms with Crippen molar-refractivity contribution in [3.8, 4) is 0 Å². The molecule has 1 aromatic carbocycles. The van der Waals surface area contributed by atoms with Crippen LogP contribution in [0, 0.1) is 5.92 Å². The summed E-state index contributed by atoms with van der Waals surface area (Å²) in [5.74, 6) is 0.565. The van der Waals surface area contributed by atoms with Crippen molar-refractivity contribution in [3.63, 3.8) is 0 Å². The molecule has 3 rings (SSSR count). The minimum atomic E-state index is 0.565. The Kier molecular flexibility index (Phi) is 2.83. The van der Waals surface area contributed by atoms with Gasteiger partial charge < -0.3 is 19.8 Å². The topological polar surface area (TPSA) is 64.5 Å². The van der Waals surface area contributed by atoms with E-state index in [9.17, 15) is 0 Å². The molecule has 1 aliphatic rings. The summed E-state index contributed by atoms with van der Waals surface area (Å²) in [7, 11) is 1.74. The van der Waals surface area contributed by atoms with Gasteiger partial charge in [0.15, 0.2) is 5.58 Å². The summed E-state index contributed by atoms with van der Waals surface area (Å²) >= 11 is 0. The molecule has 1 unspecified atom stereocenters. The van der Waals surface area contributed by atoms with Crippen molar-refractivity contribution in [2.45, 2.75) is 6.42 Å². The molecular formula is C13H17N3O2. The fourth-order valence-corrected chi connectivity index (χ4v) is 2.44. The first-order valence-electron chi connectivity index (χ1n) is 6.16. The molecule has 0 saturated carbocycles. The van der Waals surface area contributed by atoms with Crippen LogP contribution in [-0.2, 0) is 4.74 Å². The molecule has 0 amide bonds. The summed E-state index contributed by atoms with van der Waals surface area (Å²) in [5.41, 5.74) is 8.03. The Bertz CT molecular complexity index is 552. The van der Waals surface area contributed by atoms with Gasteiger partial charge in [0, 0.05) is 37.9 Å². The van der Waals surface area contributed by atoms with Gasteiger partial charge in [-0.15, -0.1) is 0 Å². The van der Waals surface area contributed by atoms with Crippen LogP contribution in [0.1, 0.15) is 6.42 Å². The van der Waals surface area contributed by atoms with Crippen LogP contribution in [0.15, 0.2) is 22.6 Å². The fraction of sp³-hybridized carbons (Fsp3) is 0.462. The third-order valence-corrected chi connectivity index (χ3v) is 3.36. The Morgan fingerprint density at radius 1 is 1.56 bits per heavy atom. The number of ether oxygens (including phenoxy) is 1. The van der Waals surface area contributed by atoms with Gasteiger partial charge in [-0.25, -0.2) is 0 Å². The first-order chi connectivity index (χ1) is 8.76. The third-order valence-electron chi connectivity index (χ3n) is 3.36. The second-order valence-corrected chi connectivity index (χ2v) is 4.78. The zero-order valence-electron chi connectivity index (χ0n) is 10.4. The molecule has 0 spiro atoms. The molecular weight excluding hydrogens is 230 g/mol. The van der Waals surface area contributed by atoms with E-state index in [1.54, 1.807) is 7.11 Å². The van der Waals surface area contributed by atoms with Gasteiger partial charge in [-0.1, -0.05) is 0 Å². The molecule has 1 saturated heterocycles. The molecule has 1 atom stereocenters. The zero-order chi connectivity index (χ0) is 12.5. The van der Waals surface area contributed by atoms with Crippen molar-refractivity contribution in [2.24, 2.45) is 5.92 Å². The van der Waals surface area contributed by atoms with Gasteiger partial charge in [-0.05, 0) is 18.6 Å². The molecule has 18 heavy (non-hydrogen) atoms.